The Bertz CT molecular complexity index is 1320. The molecule has 0 saturated carbocycles. The molecule has 0 unspecified atom stereocenters. The van der Waals surface area contributed by atoms with Gasteiger partial charge in [0.2, 0.25) is 0 Å². The van der Waals surface area contributed by atoms with Crippen molar-refractivity contribution in [2.45, 2.75) is 0 Å². The molecule has 1 fully saturated rings. The highest BCUT2D eigenvalue weighted by molar-refractivity contribution is 6.43. The van der Waals surface area contributed by atoms with Gasteiger partial charge in [-0.05, 0) is 41.1 Å². The fraction of sp³-hybridized carbons (Fsp3) is 0.0417. The van der Waals surface area contributed by atoms with E-state index in [4.69, 9.17) is 27.9 Å². The molecule has 8 heteroatoms. The zero-order valence-corrected chi connectivity index (χ0v) is 18.1. The average molecular weight is 467 g/mol. The van der Waals surface area contributed by atoms with Gasteiger partial charge in [0.25, 0.3) is 11.8 Å². The number of nitrogens with zero attached hydrogens (tertiary/aromatic N) is 1. The lowest BCUT2D eigenvalue weighted by atomic mass is 9.99. The van der Waals surface area contributed by atoms with Crippen LogP contribution in [0, 0.1) is 0 Å². The van der Waals surface area contributed by atoms with E-state index < -0.39 is 17.8 Å². The molecule has 3 aromatic carbocycles. The van der Waals surface area contributed by atoms with Crippen molar-refractivity contribution in [3.8, 4) is 5.75 Å². The molecule has 32 heavy (non-hydrogen) atoms. The normalized spacial score (nSPS) is 15.2. The summed E-state index contributed by atoms with van der Waals surface area (Å²) in [4.78, 5) is 39.2. The number of carbonyl (C=O) groups is 3. The van der Waals surface area contributed by atoms with Gasteiger partial charge in [-0.1, -0.05) is 66.2 Å². The second-order valence-corrected chi connectivity index (χ2v) is 7.67. The number of carbonyl (C=O) groups excluding carboxylic acids is 3. The van der Waals surface area contributed by atoms with Crippen LogP contribution >= 0.6 is 23.2 Å². The second kappa shape index (κ2) is 8.86. The third kappa shape index (κ3) is 3.98. The molecule has 6 nitrogen and oxygen atoms in total. The van der Waals surface area contributed by atoms with Gasteiger partial charge in [-0.15, -0.1) is 0 Å². The fourth-order valence-electron chi connectivity index (χ4n) is 3.36. The third-order valence-electron chi connectivity index (χ3n) is 4.84. The minimum absolute atomic E-state index is 0.168. The number of nitrogens with one attached hydrogen (secondary N) is 1. The molecular weight excluding hydrogens is 451 g/mol. The Morgan fingerprint density at radius 3 is 2.53 bits per heavy atom. The van der Waals surface area contributed by atoms with Gasteiger partial charge in [0.1, 0.15) is 17.9 Å². The number of halogens is 2. The summed E-state index contributed by atoms with van der Waals surface area (Å²) in [6.45, 7) is 3.89. The van der Waals surface area contributed by atoms with E-state index in [1.54, 1.807) is 12.1 Å². The predicted octanol–water partition coefficient (Wildman–Crippen LogP) is 5.38. The number of benzene rings is 3. The standard InChI is InChI=1S/C24H16Cl2N2O4/c1-2-11-32-21-10-7-14-5-3-4-6-16(14)17(21)13-18-22(29)27-24(31)28(23(18)30)15-8-9-19(25)20(26)12-15/h2-10,12-13H,1,11H2,(H,27,29,31)/b18-13+. The van der Waals surface area contributed by atoms with E-state index in [1.807, 2.05) is 30.3 Å². The summed E-state index contributed by atoms with van der Waals surface area (Å²) >= 11 is 12.0. The maximum absolute atomic E-state index is 13.3. The molecule has 1 N–H and O–H groups in total. The van der Waals surface area contributed by atoms with E-state index in [1.165, 1.54) is 24.3 Å². The van der Waals surface area contributed by atoms with Crippen LogP contribution in [0.15, 0.2) is 72.8 Å². The van der Waals surface area contributed by atoms with Crippen molar-refractivity contribution in [2.75, 3.05) is 11.5 Å². The molecule has 4 rings (SSSR count). The molecule has 1 heterocycles. The van der Waals surface area contributed by atoms with Crippen molar-refractivity contribution in [2.24, 2.45) is 0 Å². The lowest BCUT2D eigenvalue weighted by Gasteiger charge is -2.26. The van der Waals surface area contributed by atoms with Crippen molar-refractivity contribution >= 4 is 63.6 Å². The van der Waals surface area contributed by atoms with E-state index in [0.29, 0.717) is 11.3 Å². The number of rotatable bonds is 5. The first kappa shape index (κ1) is 21.6. The molecule has 3 aromatic rings. The molecule has 0 aliphatic carbocycles. The topological polar surface area (TPSA) is 75.7 Å². The Hall–Kier alpha value is -3.61. The summed E-state index contributed by atoms with van der Waals surface area (Å²) in [5, 5.41) is 4.31. The maximum atomic E-state index is 13.3. The molecule has 160 valence electrons. The van der Waals surface area contributed by atoms with Crippen molar-refractivity contribution in [1.82, 2.24) is 5.32 Å². The molecule has 0 aromatic heterocycles. The van der Waals surface area contributed by atoms with Gasteiger partial charge in [0.05, 0.1) is 15.7 Å². The van der Waals surface area contributed by atoms with Gasteiger partial charge < -0.3 is 4.74 Å². The zero-order valence-electron chi connectivity index (χ0n) is 16.6. The van der Waals surface area contributed by atoms with E-state index in [-0.39, 0.29) is 27.9 Å². The van der Waals surface area contributed by atoms with Crippen LogP contribution in [0.3, 0.4) is 0 Å². The molecular formula is C24H16Cl2N2O4. The number of hydrogen-bond donors (Lipinski definition) is 1. The number of hydrogen-bond acceptors (Lipinski definition) is 4. The van der Waals surface area contributed by atoms with Gasteiger partial charge in [0, 0.05) is 5.56 Å². The first-order valence-corrected chi connectivity index (χ1v) is 10.3. The van der Waals surface area contributed by atoms with Crippen molar-refractivity contribution < 1.29 is 19.1 Å². The molecule has 0 atom stereocenters. The molecule has 0 bridgehead atoms. The van der Waals surface area contributed by atoms with Gasteiger partial charge in [0.15, 0.2) is 0 Å². The van der Waals surface area contributed by atoms with Crippen LogP contribution in [0.2, 0.25) is 10.0 Å². The van der Waals surface area contributed by atoms with E-state index in [9.17, 15) is 14.4 Å². The minimum Gasteiger partial charge on any atom is -0.489 e. The van der Waals surface area contributed by atoms with Gasteiger partial charge in [-0.25, -0.2) is 9.69 Å². The molecule has 1 aliphatic heterocycles. The smallest absolute Gasteiger partial charge is 0.335 e. The molecule has 0 spiro atoms. The number of amides is 4. The van der Waals surface area contributed by atoms with E-state index in [2.05, 4.69) is 11.9 Å². The van der Waals surface area contributed by atoms with Crippen molar-refractivity contribution in [1.29, 1.82) is 0 Å². The molecule has 1 saturated heterocycles. The lowest BCUT2D eigenvalue weighted by Crippen LogP contribution is -2.54. The molecule has 0 radical (unpaired) electrons. The van der Waals surface area contributed by atoms with Gasteiger partial charge >= 0.3 is 6.03 Å². The van der Waals surface area contributed by atoms with Crippen LogP contribution in [0.4, 0.5) is 10.5 Å². The average Bonchev–Trinajstić information content (AvgIpc) is 2.77. The monoisotopic (exact) mass is 466 g/mol. The lowest BCUT2D eigenvalue weighted by molar-refractivity contribution is -0.122. The van der Waals surface area contributed by atoms with Gasteiger partial charge in [-0.3, -0.25) is 14.9 Å². The summed E-state index contributed by atoms with van der Waals surface area (Å²) in [6.07, 6.45) is 3.02. The summed E-state index contributed by atoms with van der Waals surface area (Å²) in [7, 11) is 0. The summed E-state index contributed by atoms with van der Waals surface area (Å²) in [5.74, 6) is -1.13. The van der Waals surface area contributed by atoms with Crippen molar-refractivity contribution in [3.05, 3.63) is 88.4 Å². The van der Waals surface area contributed by atoms with Gasteiger partial charge in [-0.2, -0.15) is 0 Å². The minimum atomic E-state index is -0.878. The fourth-order valence-corrected chi connectivity index (χ4v) is 3.65. The second-order valence-electron chi connectivity index (χ2n) is 6.85. The number of imide groups is 2. The first-order valence-electron chi connectivity index (χ1n) is 9.52. The number of urea groups is 1. The molecule has 1 aliphatic rings. The summed E-state index contributed by atoms with van der Waals surface area (Å²) in [5.41, 5.74) is 0.490. The summed E-state index contributed by atoms with van der Waals surface area (Å²) in [6, 6.07) is 14.6. The van der Waals surface area contributed by atoms with Crippen LogP contribution in [0.5, 0.6) is 5.75 Å². The largest absolute Gasteiger partial charge is 0.489 e. The van der Waals surface area contributed by atoms with Crippen LogP contribution < -0.4 is 15.0 Å². The first-order chi connectivity index (χ1) is 15.4. The van der Waals surface area contributed by atoms with Crippen LogP contribution in [0.1, 0.15) is 5.56 Å². The van der Waals surface area contributed by atoms with Crippen molar-refractivity contribution in [3.63, 3.8) is 0 Å². The number of anilines is 1. The Morgan fingerprint density at radius 1 is 1.00 bits per heavy atom. The van der Waals surface area contributed by atoms with Crippen LogP contribution in [0.25, 0.3) is 16.8 Å². The highest BCUT2D eigenvalue weighted by Crippen LogP contribution is 2.33. The van der Waals surface area contributed by atoms with E-state index >= 15 is 0 Å². The Balaban J connectivity index is 1.85. The highest BCUT2D eigenvalue weighted by Gasteiger charge is 2.37. The van der Waals surface area contributed by atoms with Crippen LogP contribution in [-0.2, 0) is 9.59 Å². The molecule has 4 amide bonds. The Kier molecular flexibility index (Phi) is 5.99. The van der Waals surface area contributed by atoms with E-state index in [0.717, 1.165) is 15.7 Å². The number of ether oxygens (including phenoxy) is 1. The zero-order chi connectivity index (χ0) is 22.8. The highest BCUT2D eigenvalue weighted by atomic mass is 35.5. The Morgan fingerprint density at radius 2 is 1.78 bits per heavy atom. The number of barbiturate groups is 1. The predicted molar refractivity (Wildman–Crippen MR) is 125 cm³/mol. The number of fused-ring (bicyclic) bond motifs is 1. The van der Waals surface area contributed by atoms with Crippen LogP contribution in [-0.4, -0.2) is 24.5 Å². The third-order valence-corrected chi connectivity index (χ3v) is 5.58. The quantitative estimate of drug-likeness (QED) is 0.311. The maximum Gasteiger partial charge on any atom is 0.335 e. The SMILES string of the molecule is C=CCOc1ccc2ccccc2c1/C=C1\C(=O)NC(=O)N(c2ccc(Cl)c(Cl)c2)C1=O. The summed E-state index contributed by atoms with van der Waals surface area (Å²) < 4.78 is 5.75. The Labute approximate surface area is 193 Å².